The molecule has 2 unspecified atom stereocenters. The molecular weight excluding hydrogens is 306 g/mol. The van der Waals surface area contributed by atoms with Gasteiger partial charge in [0, 0.05) is 24.2 Å². The van der Waals surface area contributed by atoms with Crippen molar-refractivity contribution in [2.24, 2.45) is 5.92 Å². The molecule has 0 amide bonds. The zero-order valence-electron chi connectivity index (χ0n) is 13.6. The van der Waals surface area contributed by atoms with Gasteiger partial charge in [-0.3, -0.25) is 5.10 Å². The van der Waals surface area contributed by atoms with E-state index in [1.165, 1.54) is 0 Å². The van der Waals surface area contributed by atoms with Crippen molar-refractivity contribution in [3.63, 3.8) is 0 Å². The number of benzene rings is 1. The van der Waals surface area contributed by atoms with E-state index in [0.717, 1.165) is 60.7 Å². The zero-order valence-corrected chi connectivity index (χ0v) is 13.6. The average molecular weight is 329 g/mol. The van der Waals surface area contributed by atoms with E-state index in [1.807, 2.05) is 24.4 Å². The highest BCUT2D eigenvalue weighted by Crippen LogP contribution is 2.34. The summed E-state index contributed by atoms with van der Waals surface area (Å²) in [4.78, 5) is 0. The summed E-state index contributed by atoms with van der Waals surface area (Å²) in [6.07, 6.45) is 4.86. The molecule has 0 bridgehead atoms. The highest BCUT2D eigenvalue weighted by atomic mass is 16.6. The van der Waals surface area contributed by atoms with Gasteiger partial charge in [0.2, 0.25) is 0 Å². The van der Waals surface area contributed by atoms with Crippen LogP contribution in [0.4, 0.5) is 0 Å². The molecule has 3 N–H and O–H groups in total. The minimum atomic E-state index is -0.154. The van der Waals surface area contributed by atoms with Crippen LogP contribution in [0.25, 0.3) is 11.3 Å². The Morgan fingerprint density at radius 3 is 2.92 bits per heavy atom. The quantitative estimate of drug-likeness (QED) is 0.783. The van der Waals surface area contributed by atoms with Crippen LogP contribution >= 0.6 is 0 Å². The molecule has 2 heterocycles. The van der Waals surface area contributed by atoms with E-state index in [0.29, 0.717) is 19.1 Å². The van der Waals surface area contributed by atoms with Crippen LogP contribution in [0.2, 0.25) is 0 Å². The van der Waals surface area contributed by atoms with Crippen molar-refractivity contribution in [2.75, 3.05) is 19.8 Å². The highest BCUT2D eigenvalue weighted by Gasteiger charge is 2.24. The van der Waals surface area contributed by atoms with Gasteiger partial charge in [0.15, 0.2) is 11.5 Å². The second kappa shape index (κ2) is 6.83. The van der Waals surface area contributed by atoms with Crippen molar-refractivity contribution in [1.82, 2.24) is 15.5 Å². The largest absolute Gasteiger partial charge is 0.486 e. The smallest absolute Gasteiger partial charge is 0.162 e. The molecule has 6 heteroatoms. The van der Waals surface area contributed by atoms with E-state index in [1.54, 1.807) is 0 Å². The maximum Gasteiger partial charge on any atom is 0.162 e. The number of ether oxygens (including phenoxy) is 2. The first kappa shape index (κ1) is 15.5. The van der Waals surface area contributed by atoms with Crippen LogP contribution < -0.4 is 14.8 Å². The van der Waals surface area contributed by atoms with E-state index in [4.69, 9.17) is 9.47 Å². The number of aromatic amines is 1. The molecule has 2 atom stereocenters. The molecule has 24 heavy (non-hydrogen) atoms. The first-order valence-corrected chi connectivity index (χ1v) is 8.62. The summed E-state index contributed by atoms with van der Waals surface area (Å²) in [5.41, 5.74) is 3.14. The van der Waals surface area contributed by atoms with Crippen molar-refractivity contribution in [1.29, 1.82) is 0 Å². The number of aromatic nitrogens is 2. The number of nitrogens with one attached hydrogen (secondary N) is 2. The van der Waals surface area contributed by atoms with Gasteiger partial charge in [-0.25, -0.2) is 0 Å². The predicted molar refractivity (Wildman–Crippen MR) is 90.1 cm³/mol. The zero-order chi connectivity index (χ0) is 16.4. The summed E-state index contributed by atoms with van der Waals surface area (Å²) in [6.45, 7) is 2.74. The number of aliphatic hydroxyl groups is 1. The highest BCUT2D eigenvalue weighted by molar-refractivity contribution is 5.66. The van der Waals surface area contributed by atoms with Gasteiger partial charge in [-0.1, -0.05) is 6.42 Å². The maximum absolute atomic E-state index is 9.91. The normalized spacial score (nSPS) is 22.7. The van der Waals surface area contributed by atoms with Crippen LogP contribution in [0.5, 0.6) is 11.5 Å². The monoisotopic (exact) mass is 329 g/mol. The van der Waals surface area contributed by atoms with E-state index >= 15 is 0 Å². The van der Waals surface area contributed by atoms with Crippen LogP contribution in [0.15, 0.2) is 24.4 Å². The Hall–Kier alpha value is -2.05. The van der Waals surface area contributed by atoms with Crippen LogP contribution in [0.3, 0.4) is 0 Å². The molecule has 1 aromatic heterocycles. The summed E-state index contributed by atoms with van der Waals surface area (Å²) in [7, 11) is 0. The summed E-state index contributed by atoms with van der Waals surface area (Å²) < 4.78 is 11.2. The Labute approximate surface area is 141 Å². The average Bonchev–Trinajstić information content (AvgIpc) is 3.24. The summed E-state index contributed by atoms with van der Waals surface area (Å²) in [5, 5.41) is 20.6. The minimum absolute atomic E-state index is 0.154. The van der Waals surface area contributed by atoms with Gasteiger partial charge < -0.3 is 19.9 Å². The fourth-order valence-electron chi connectivity index (χ4n) is 3.54. The van der Waals surface area contributed by atoms with Crippen molar-refractivity contribution < 1.29 is 14.6 Å². The van der Waals surface area contributed by atoms with E-state index in [-0.39, 0.29) is 6.10 Å². The Kier molecular flexibility index (Phi) is 4.40. The lowest BCUT2D eigenvalue weighted by Gasteiger charge is -2.19. The number of hydrogen-bond donors (Lipinski definition) is 3. The third-order valence-corrected chi connectivity index (χ3v) is 4.89. The number of fused-ring (bicyclic) bond motifs is 1. The number of aliphatic hydroxyl groups excluding tert-OH is 1. The molecule has 1 aromatic carbocycles. The molecule has 128 valence electrons. The fourth-order valence-corrected chi connectivity index (χ4v) is 3.54. The first-order valence-electron chi connectivity index (χ1n) is 8.62. The summed E-state index contributed by atoms with van der Waals surface area (Å²) in [5.74, 6) is 1.94. The molecular formula is C18H23N3O3. The lowest BCUT2D eigenvalue weighted by atomic mass is 10.1. The van der Waals surface area contributed by atoms with Gasteiger partial charge in [0.25, 0.3) is 0 Å². The van der Waals surface area contributed by atoms with Gasteiger partial charge in [0.05, 0.1) is 18.0 Å². The van der Waals surface area contributed by atoms with Gasteiger partial charge in [-0.15, -0.1) is 0 Å². The standard InChI is InChI=1S/C18H23N3O3/c22-15-3-1-2-13(15)9-19-10-14-11-20-21-18(14)12-4-5-16-17(8-12)24-7-6-23-16/h4-5,8,11,13,15,19,22H,1-3,6-7,9-10H2,(H,20,21). The molecule has 0 radical (unpaired) electrons. The van der Waals surface area contributed by atoms with Gasteiger partial charge in [-0.05, 0) is 37.0 Å². The lowest BCUT2D eigenvalue weighted by molar-refractivity contribution is 0.131. The maximum atomic E-state index is 9.91. The Balaban J connectivity index is 1.44. The number of nitrogens with zero attached hydrogens (tertiary/aromatic N) is 1. The van der Waals surface area contributed by atoms with Gasteiger partial charge in [-0.2, -0.15) is 5.10 Å². The molecule has 4 rings (SSSR count). The van der Waals surface area contributed by atoms with Crippen molar-refractivity contribution in [3.8, 4) is 22.8 Å². The molecule has 2 aliphatic rings. The molecule has 6 nitrogen and oxygen atoms in total. The van der Waals surface area contributed by atoms with Crippen LogP contribution in [0.1, 0.15) is 24.8 Å². The number of hydrogen-bond acceptors (Lipinski definition) is 5. The lowest BCUT2D eigenvalue weighted by Crippen LogP contribution is -2.27. The Morgan fingerprint density at radius 2 is 2.08 bits per heavy atom. The second-order valence-corrected chi connectivity index (χ2v) is 6.52. The summed E-state index contributed by atoms with van der Waals surface area (Å²) in [6, 6.07) is 5.95. The van der Waals surface area contributed by atoms with Crippen molar-refractivity contribution >= 4 is 0 Å². The van der Waals surface area contributed by atoms with Crippen molar-refractivity contribution in [3.05, 3.63) is 30.0 Å². The molecule has 1 aliphatic heterocycles. The SMILES string of the molecule is OC1CCCC1CNCc1cn[nH]c1-c1ccc2c(c1)OCCO2. The van der Waals surface area contributed by atoms with E-state index in [9.17, 15) is 5.11 Å². The topological polar surface area (TPSA) is 79.4 Å². The van der Waals surface area contributed by atoms with E-state index in [2.05, 4.69) is 15.5 Å². The number of H-pyrrole nitrogens is 1. The molecule has 1 fully saturated rings. The van der Waals surface area contributed by atoms with Gasteiger partial charge >= 0.3 is 0 Å². The first-order chi connectivity index (χ1) is 11.8. The van der Waals surface area contributed by atoms with Crippen LogP contribution in [-0.4, -0.2) is 41.2 Å². The van der Waals surface area contributed by atoms with Crippen LogP contribution in [0, 0.1) is 5.92 Å². The summed E-state index contributed by atoms with van der Waals surface area (Å²) >= 11 is 0. The third-order valence-electron chi connectivity index (χ3n) is 4.89. The molecule has 1 saturated carbocycles. The third kappa shape index (κ3) is 3.12. The molecule has 0 spiro atoms. The second-order valence-electron chi connectivity index (χ2n) is 6.52. The Bertz CT molecular complexity index is 701. The predicted octanol–water partition coefficient (Wildman–Crippen LogP) is 2.10. The van der Waals surface area contributed by atoms with E-state index < -0.39 is 0 Å². The number of rotatable bonds is 5. The molecule has 1 aliphatic carbocycles. The van der Waals surface area contributed by atoms with Crippen LogP contribution in [-0.2, 0) is 6.54 Å². The molecule has 0 saturated heterocycles. The fraction of sp³-hybridized carbons (Fsp3) is 0.500. The van der Waals surface area contributed by atoms with Crippen molar-refractivity contribution in [2.45, 2.75) is 31.9 Å². The van der Waals surface area contributed by atoms with Gasteiger partial charge in [0.1, 0.15) is 13.2 Å². The minimum Gasteiger partial charge on any atom is -0.486 e. The Morgan fingerprint density at radius 1 is 1.21 bits per heavy atom. The molecule has 2 aromatic rings.